The van der Waals surface area contributed by atoms with Gasteiger partial charge in [-0.25, -0.2) is 0 Å². The molecule has 168 valence electrons. The Morgan fingerprint density at radius 3 is 2.60 bits per heavy atom. The van der Waals surface area contributed by atoms with Gasteiger partial charge in [-0.1, -0.05) is 11.6 Å². The summed E-state index contributed by atoms with van der Waals surface area (Å²) in [6.07, 6.45) is 1.78. The van der Waals surface area contributed by atoms with Crippen molar-refractivity contribution in [1.82, 2.24) is 15.5 Å². The van der Waals surface area contributed by atoms with Crippen molar-refractivity contribution in [2.24, 2.45) is 4.99 Å². The molecular weight excluding hydrogens is 404 g/mol. The normalized spacial score (nSPS) is 20.0. The Morgan fingerprint density at radius 1 is 1.17 bits per heavy atom. The van der Waals surface area contributed by atoms with Crippen molar-refractivity contribution in [3.05, 3.63) is 28.8 Å². The van der Waals surface area contributed by atoms with Crippen molar-refractivity contribution in [2.75, 3.05) is 72.8 Å². The predicted molar refractivity (Wildman–Crippen MR) is 121 cm³/mol. The molecule has 0 bridgehead atoms. The third kappa shape index (κ3) is 6.23. The van der Waals surface area contributed by atoms with Crippen LogP contribution in [-0.4, -0.2) is 83.7 Å². The van der Waals surface area contributed by atoms with Crippen LogP contribution in [0.3, 0.4) is 0 Å². The van der Waals surface area contributed by atoms with Crippen LogP contribution in [0.4, 0.5) is 0 Å². The first kappa shape index (κ1) is 23.1. The maximum atomic E-state index is 6.35. The summed E-state index contributed by atoms with van der Waals surface area (Å²) in [5.74, 6) is 1.71. The Bertz CT molecular complexity index is 689. The van der Waals surface area contributed by atoms with Gasteiger partial charge in [0.2, 0.25) is 0 Å². The Balaban J connectivity index is 1.72. The van der Waals surface area contributed by atoms with E-state index < -0.39 is 0 Å². The number of methoxy groups -OCH3 is 1. The van der Waals surface area contributed by atoms with Gasteiger partial charge >= 0.3 is 0 Å². The second-order valence-electron chi connectivity index (χ2n) is 7.81. The number of hydrogen-bond acceptors (Lipinski definition) is 5. The Kier molecular flexibility index (Phi) is 9.05. The van der Waals surface area contributed by atoms with Gasteiger partial charge in [-0.3, -0.25) is 9.89 Å². The number of hydrogen-bond donors (Lipinski definition) is 2. The molecule has 0 aromatic heterocycles. The third-order valence-corrected chi connectivity index (χ3v) is 6.13. The summed E-state index contributed by atoms with van der Waals surface area (Å²) < 4.78 is 16.8. The van der Waals surface area contributed by atoms with E-state index in [1.165, 1.54) is 0 Å². The van der Waals surface area contributed by atoms with E-state index in [-0.39, 0.29) is 5.41 Å². The van der Waals surface area contributed by atoms with Gasteiger partial charge in [0.1, 0.15) is 5.75 Å². The fourth-order valence-corrected chi connectivity index (χ4v) is 4.27. The lowest BCUT2D eigenvalue weighted by Gasteiger charge is -2.37. The second kappa shape index (κ2) is 11.7. The molecule has 0 aliphatic carbocycles. The number of rotatable bonds is 8. The fourth-order valence-electron chi connectivity index (χ4n) is 4.10. The van der Waals surface area contributed by atoms with E-state index >= 15 is 0 Å². The summed E-state index contributed by atoms with van der Waals surface area (Å²) >= 11 is 6.35. The quantitative estimate of drug-likeness (QED) is 0.479. The number of guanidine groups is 1. The molecule has 2 aliphatic rings. The molecule has 2 heterocycles. The summed E-state index contributed by atoms with van der Waals surface area (Å²) in [6.45, 7) is 10.4. The number of benzene rings is 1. The number of halogens is 1. The van der Waals surface area contributed by atoms with Gasteiger partial charge in [-0.05, 0) is 38.0 Å². The van der Waals surface area contributed by atoms with E-state index in [4.69, 9.17) is 30.8 Å². The lowest BCUT2D eigenvalue weighted by Crippen LogP contribution is -2.45. The molecule has 1 aromatic rings. The van der Waals surface area contributed by atoms with Gasteiger partial charge in [-0.2, -0.15) is 0 Å². The van der Waals surface area contributed by atoms with Crippen LogP contribution in [0, 0.1) is 0 Å². The van der Waals surface area contributed by atoms with Gasteiger partial charge in [0, 0.05) is 61.9 Å². The van der Waals surface area contributed by atoms with Crippen molar-refractivity contribution < 1.29 is 14.2 Å². The smallest absolute Gasteiger partial charge is 0.191 e. The Labute approximate surface area is 185 Å². The van der Waals surface area contributed by atoms with Crippen molar-refractivity contribution >= 4 is 17.6 Å². The highest BCUT2D eigenvalue weighted by Crippen LogP contribution is 2.41. The van der Waals surface area contributed by atoms with Gasteiger partial charge in [0.25, 0.3) is 0 Å². The summed E-state index contributed by atoms with van der Waals surface area (Å²) in [5.41, 5.74) is 0.967. The van der Waals surface area contributed by atoms with E-state index in [1.807, 2.05) is 18.2 Å². The number of nitrogens with one attached hydrogen (secondary N) is 2. The molecule has 0 unspecified atom stereocenters. The maximum absolute atomic E-state index is 6.35. The van der Waals surface area contributed by atoms with E-state index in [0.717, 1.165) is 81.1 Å². The molecule has 0 radical (unpaired) electrons. The zero-order valence-corrected chi connectivity index (χ0v) is 19.0. The van der Waals surface area contributed by atoms with Crippen LogP contribution >= 0.6 is 11.6 Å². The Hall–Kier alpha value is -1.54. The van der Waals surface area contributed by atoms with Gasteiger partial charge < -0.3 is 24.8 Å². The Morgan fingerprint density at radius 2 is 1.90 bits per heavy atom. The molecule has 0 amide bonds. The summed E-state index contributed by atoms with van der Waals surface area (Å²) in [4.78, 5) is 7.38. The SMILES string of the molecule is CCNC(=NCC1(c2cc(Cl)ccc2OC)CCOCC1)NCCN1CCOCC1. The van der Waals surface area contributed by atoms with Crippen LogP contribution in [-0.2, 0) is 14.9 Å². The topological polar surface area (TPSA) is 67.4 Å². The van der Waals surface area contributed by atoms with Gasteiger partial charge in [0.15, 0.2) is 5.96 Å². The van der Waals surface area contributed by atoms with E-state index in [2.05, 4.69) is 22.5 Å². The lowest BCUT2D eigenvalue weighted by molar-refractivity contribution is 0.0389. The van der Waals surface area contributed by atoms with Crippen molar-refractivity contribution in [3.63, 3.8) is 0 Å². The first-order valence-corrected chi connectivity index (χ1v) is 11.3. The first-order chi connectivity index (χ1) is 14.7. The molecule has 3 rings (SSSR count). The maximum Gasteiger partial charge on any atom is 0.191 e. The minimum atomic E-state index is -0.152. The van der Waals surface area contributed by atoms with Crippen LogP contribution in [0.25, 0.3) is 0 Å². The van der Waals surface area contributed by atoms with Crippen molar-refractivity contribution in [1.29, 1.82) is 0 Å². The highest BCUT2D eigenvalue weighted by atomic mass is 35.5. The molecule has 30 heavy (non-hydrogen) atoms. The minimum Gasteiger partial charge on any atom is -0.496 e. The fraction of sp³-hybridized carbons (Fsp3) is 0.682. The summed E-state index contributed by atoms with van der Waals surface area (Å²) in [7, 11) is 1.71. The first-order valence-electron chi connectivity index (χ1n) is 10.9. The largest absolute Gasteiger partial charge is 0.496 e. The summed E-state index contributed by atoms with van der Waals surface area (Å²) in [6, 6.07) is 5.85. The van der Waals surface area contributed by atoms with Crippen LogP contribution in [0.1, 0.15) is 25.3 Å². The van der Waals surface area contributed by atoms with E-state index in [9.17, 15) is 0 Å². The third-order valence-electron chi connectivity index (χ3n) is 5.89. The van der Waals surface area contributed by atoms with Crippen molar-refractivity contribution in [2.45, 2.75) is 25.2 Å². The number of nitrogens with zero attached hydrogens (tertiary/aromatic N) is 2. The summed E-state index contributed by atoms with van der Waals surface area (Å²) in [5, 5.41) is 7.58. The van der Waals surface area contributed by atoms with Crippen LogP contribution in [0.15, 0.2) is 23.2 Å². The minimum absolute atomic E-state index is 0.152. The molecule has 0 atom stereocenters. The monoisotopic (exact) mass is 438 g/mol. The van der Waals surface area contributed by atoms with Gasteiger partial charge in [0.05, 0.1) is 26.9 Å². The van der Waals surface area contributed by atoms with Crippen LogP contribution < -0.4 is 15.4 Å². The standard InChI is InChI=1S/C22H35ClN4O3/c1-3-24-21(25-8-9-27-10-14-30-15-11-27)26-17-22(6-12-29-13-7-22)19-16-18(23)4-5-20(19)28-2/h4-5,16H,3,6-15,17H2,1-2H3,(H2,24,25,26). The highest BCUT2D eigenvalue weighted by Gasteiger charge is 2.37. The number of aliphatic imine (C=N–C) groups is 1. The zero-order chi connectivity index (χ0) is 21.2. The molecule has 8 heteroatoms. The average molecular weight is 439 g/mol. The van der Waals surface area contributed by atoms with Crippen LogP contribution in [0.2, 0.25) is 5.02 Å². The molecule has 2 aliphatic heterocycles. The number of ether oxygens (including phenoxy) is 3. The highest BCUT2D eigenvalue weighted by molar-refractivity contribution is 6.30. The molecular formula is C22H35ClN4O3. The number of morpholine rings is 1. The lowest BCUT2D eigenvalue weighted by atomic mass is 9.73. The average Bonchev–Trinajstić information content (AvgIpc) is 2.79. The molecule has 2 fully saturated rings. The zero-order valence-electron chi connectivity index (χ0n) is 18.2. The second-order valence-corrected chi connectivity index (χ2v) is 8.25. The van der Waals surface area contributed by atoms with E-state index in [1.54, 1.807) is 7.11 Å². The molecule has 2 saturated heterocycles. The molecule has 0 spiro atoms. The van der Waals surface area contributed by atoms with Crippen LogP contribution in [0.5, 0.6) is 5.75 Å². The van der Waals surface area contributed by atoms with Crippen molar-refractivity contribution in [3.8, 4) is 5.75 Å². The molecule has 1 aromatic carbocycles. The molecule has 2 N–H and O–H groups in total. The predicted octanol–water partition coefficient (Wildman–Crippen LogP) is 2.28. The van der Waals surface area contributed by atoms with E-state index in [0.29, 0.717) is 19.8 Å². The van der Waals surface area contributed by atoms with Gasteiger partial charge in [-0.15, -0.1) is 0 Å². The molecule has 7 nitrogen and oxygen atoms in total. The molecule has 0 saturated carbocycles.